The van der Waals surface area contributed by atoms with Crippen molar-refractivity contribution in [1.29, 1.82) is 0 Å². The van der Waals surface area contributed by atoms with Crippen LogP contribution < -0.4 is 5.32 Å². The Kier molecular flexibility index (Phi) is 5.75. The summed E-state index contributed by atoms with van der Waals surface area (Å²) < 4.78 is 0. The van der Waals surface area contributed by atoms with Crippen LogP contribution in [0.25, 0.3) is 0 Å². The molecule has 0 aliphatic heterocycles. The molecule has 1 rings (SSSR count). The van der Waals surface area contributed by atoms with E-state index >= 15 is 0 Å². The van der Waals surface area contributed by atoms with Crippen molar-refractivity contribution in [1.82, 2.24) is 5.32 Å². The molecule has 3 heteroatoms. The minimum Gasteiger partial charge on any atom is -0.481 e. The van der Waals surface area contributed by atoms with E-state index in [0.717, 1.165) is 6.42 Å². The fourth-order valence-corrected chi connectivity index (χ4v) is 2.30. The van der Waals surface area contributed by atoms with E-state index in [1.807, 2.05) is 13.8 Å². The van der Waals surface area contributed by atoms with E-state index in [1.165, 1.54) is 11.1 Å². The Hall–Kier alpha value is -1.35. The number of rotatable bonds is 6. The summed E-state index contributed by atoms with van der Waals surface area (Å²) in [4.78, 5) is 10.9. The first-order valence-electron chi connectivity index (χ1n) is 7.25. The third-order valence-corrected chi connectivity index (χ3v) is 3.29. The molecule has 0 aliphatic rings. The van der Waals surface area contributed by atoms with Crippen LogP contribution >= 0.6 is 0 Å². The first-order valence-corrected chi connectivity index (χ1v) is 7.25. The van der Waals surface area contributed by atoms with Gasteiger partial charge in [0.15, 0.2) is 0 Å². The van der Waals surface area contributed by atoms with E-state index in [-0.39, 0.29) is 23.9 Å². The molecule has 0 aromatic heterocycles. The molecule has 1 atom stereocenters. The Labute approximate surface area is 122 Å². The first-order chi connectivity index (χ1) is 9.18. The Bertz CT molecular complexity index is 429. The van der Waals surface area contributed by atoms with Crippen molar-refractivity contribution in [2.45, 2.75) is 65.0 Å². The predicted molar refractivity (Wildman–Crippen MR) is 83.2 cm³/mol. The molecule has 3 nitrogen and oxygen atoms in total. The van der Waals surface area contributed by atoms with Gasteiger partial charge in [-0.2, -0.15) is 0 Å². The fourth-order valence-electron chi connectivity index (χ4n) is 2.30. The topological polar surface area (TPSA) is 49.3 Å². The van der Waals surface area contributed by atoms with Gasteiger partial charge in [0.1, 0.15) is 0 Å². The summed E-state index contributed by atoms with van der Waals surface area (Å²) in [6.45, 7) is 10.6. The van der Waals surface area contributed by atoms with Gasteiger partial charge in [-0.1, -0.05) is 58.9 Å². The molecule has 0 spiro atoms. The number of benzene rings is 1. The van der Waals surface area contributed by atoms with Gasteiger partial charge >= 0.3 is 5.97 Å². The summed E-state index contributed by atoms with van der Waals surface area (Å²) in [5.74, 6) is -0.755. The van der Waals surface area contributed by atoms with Crippen molar-refractivity contribution < 1.29 is 9.90 Å². The molecule has 1 aromatic carbocycles. The highest BCUT2D eigenvalue weighted by atomic mass is 16.4. The molecule has 0 radical (unpaired) electrons. The zero-order chi connectivity index (χ0) is 15.3. The van der Waals surface area contributed by atoms with Gasteiger partial charge < -0.3 is 10.4 Å². The molecule has 0 aliphatic carbocycles. The molecule has 0 saturated carbocycles. The van der Waals surface area contributed by atoms with Crippen LogP contribution in [0.5, 0.6) is 0 Å². The number of aliphatic carboxylic acids is 1. The monoisotopic (exact) mass is 277 g/mol. The van der Waals surface area contributed by atoms with Crippen LogP contribution in [0.2, 0.25) is 0 Å². The molecule has 0 bridgehead atoms. The van der Waals surface area contributed by atoms with Gasteiger partial charge in [-0.05, 0) is 23.0 Å². The average molecular weight is 277 g/mol. The smallest absolute Gasteiger partial charge is 0.304 e. The minimum absolute atomic E-state index is 0.0204. The highest BCUT2D eigenvalue weighted by molar-refractivity contribution is 5.67. The molecule has 1 unspecified atom stereocenters. The summed E-state index contributed by atoms with van der Waals surface area (Å²) >= 11 is 0. The fraction of sp³-hybridized carbons (Fsp3) is 0.588. The number of carboxylic acid groups (broad SMARTS) is 1. The molecule has 1 aromatic rings. The SMILES string of the molecule is CC(C)NC(CC(=O)O)Cc1ccc(C(C)(C)C)cc1. The van der Waals surface area contributed by atoms with Crippen molar-refractivity contribution in [3.8, 4) is 0 Å². The molecule has 0 fully saturated rings. The van der Waals surface area contributed by atoms with Crippen LogP contribution in [0.1, 0.15) is 52.2 Å². The normalized spacial score (nSPS) is 13.5. The van der Waals surface area contributed by atoms with Gasteiger partial charge in [-0.25, -0.2) is 0 Å². The van der Waals surface area contributed by atoms with Gasteiger partial charge in [0.05, 0.1) is 6.42 Å². The quantitative estimate of drug-likeness (QED) is 0.838. The lowest BCUT2D eigenvalue weighted by molar-refractivity contribution is -0.137. The summed E-state index contributed by atoms with van der Waals surface area (Å²) in [5, 5.41) is 12.3. The van der Waals surface area contributed by atoms with Crippen LogP contribution in [-0.2, 0) is 16.6 Å². The lowest BCUT2D eigenvalue weighted by Gasteiger charge is -2.21. The second kappa shape index (κ2) is 6.89. The number of hydrogen-bond acceptors (Lipinski definition) is 2. The van der Waals surface area contributed by atoms with Crippen molar-refractivity contribution in [2.75, 3.05) is 0 Å². The highest BCUT2D eigenvalue weighted by Gasteiger charge is 2.16. The van der Waals surface area contributed by atoms with Gasteiger partial charge in [0.2, 0.25) is 0 Å². The molecule has 0 amide bonds. The summed E-state index contributed by atoms with van der Waals surface area (Å²) in [5.41, 5.74) is 2.63. The van der Waals surface area contributed by atoms with Crippen LogP contribution in [-0.4, -0.2) is 23.2 Å². The van der Waals surface area contributed by atoms with E-state index in [1.54, 1.807) is 0 Å². The average Bonchev–Trinajstić information content (AvgIpc) is 2.26. The van der Waals surface area contributed by atoms with Crippen molar-refractivity contribution >= 4 is 5.97 Å². The molecule has 2 N–H and O–H groups in total. The van der Waals surface area contributed by atoms with E-state index in [4.69, 9.17) is 5.11 Å². The van der Waals surface area contributed by atoms with Crippen molar-refractivity contribution in [3.05, 3.63) is 35.4 Å². The Morgan fingerprint density at radius 1 is 1.20 bits per heavy atom. The molecule has 0 saturated heterocycles. The van der Waals surface area contributed by atoms with Crippen LogP contribution in [0.15, 0.2) is 24.3 Å². The summed E-state index contributed by atoms with van der Waals surface area (Å²) in [6, 6.07) is 8.76. The minimum atomic E-state index is -0.755. The van der Waals surface area contributed by atoms with Gasteiger partial charge in [0.25, 0.3) is 0 Å². The number of hydrogen-bond donors (Lipinski definition) is 2. The maximum absolute atomic E-state index is 10.9. The second-order valence-corrected chi connectivity index (χ2v) is 6.77. The van der Waals surface area contributed by atoms with Crippen LogP contribution in [0.4, 0.5) is 0 Å². The van der Waals surface area contributed by atoms with Gasteiger partial charge in [0, 0.05) is 12.1 Å². The van der Waals surface area contributed by atoms with E-state index in [9.17, 15) is 4.79 Å². The summed E-state index contributed by atoms with van der Waals surface area (Å²) in [6.07, 6.45) is 0.897. The summed E-state index contributed by atoms with van der Waals surface area (Å²) in [7, 11) is 0. The Balaban J connectivity index is 2.75. The van der Waals surface area contributed by atoms with E-state index in [2.05, 4.69) is 50.4 Å². The molecular formula is C17H27NO2. The molecular weight excluding hydrogens is 250 g/mol. The number of nitrogens with one attached hydrogen (secondary N) is 1. The standard InChI is InChI=1S/C17H27NO2/c1-12(2)18-15(11-16(19)20)10-13-6-8-14(9-7-13)17(3,4)5/h6-9,12,15,18H,10-11H2,1-5H3,(H,19,20). The van der Waals surface area contributed by atoms with Crippen molar-refractivity contribution in [2.24, 2.45) is 0 Å². The van der Waals surface area contributed by atoms with Crippen LogP contribution in [0, 0.1) is 0 Å². The maximum Gasteiger partial charge on any atom is 0.304 e. The first kappa shape index (κ1) is 16.7. The second-order valence-electron chi connectivity index (χ2n) is 6.77. The zero-order valence-electron chi connectivity index (χ0n) is 13.2. The predicted octanol–water partition coefficient (Wildman–Crippen LogP) is 3.37. The van der Waals surface area contributed by atoms with Crippen LogP contribution in [0.3, 0.4) is 0 Å². The van der Waals surface area contributed by atoms with Gasteiger partial charge in [-0.3, -0.25) is 4.79 Å². The lowest BCUT2D eigenvalue weighted by Crippen LogP contribution is -2.38. The zero-order valence-corrected chi connectivity index (χ0v) is 13.2. The molecule has 20 heavy (non-hydrogen) atoms. The molecule has 112 valence electrons. The number of carbonyl (C=O) groups is 1. The molecule has 0 heterocycles. The highest BCUT2D eigenvalue weighted by Crippen LogP contribution is 2.22. The van der Waals surface area contributed by atoms with E-state index in [0.29, 0.717) is 0 Å². The van der Waals surface area contributed by atoms with E-state index < -0.39 is 5.97 Å². The largest absolute Gasteiger partial charge is 0.481 e. The maximum atomic E-state index is 10.9. The lowest BCUT2D eigenvalue weighted by atomic mass is 9.86. The number of carboxylic acids is 1. The third kappa shape index (κ3) is 5.74. The third-order valence-electron chi connectivity index (χ3n) is 3.29. The van der Waals surface area contributed by atoms with Crippen molar-refractivity contribution in [3.63, 3.8) is 0 Å². The van der Waals surface area contributed by atoms with Gasteiger partial charge in [-0.15, -0.1) is 0 Å². The Morgan fingerprint density at radius 2 is 1.75 bits per heavy atom. The Morgan fingerprint density at radius 3 is 2.15 bits per heavy atom.